The van der Waals surface area contributed by atoms with Crippen LogP contribution in [0.25, 0.3) is 11.0 Å². The van der Waals surface area contributed by atoms with E-state index in [9.17, 15) is 19.2 Å². The van der Waals surface area contributed by atoms with E-state index in [1.807, 2.05) is 0 Å². The van der Waals surface area contributed by atoms with Gasteiger partial charge in [0.05, 0.1) is 41.2 Å². The van der Waals surface area contributed by atoms with Gasteiger partial charge in [0.15, 0.2) is 0 Å². The van der Waals surface area contributed by atoms with Gasteiger partial charge in [0.1, 0.15) is 24.1 Å². The summed E-state index contributed by atoms with van der Waals surface area (Å²) in [5.74, 6) is -1.19. The molecule has 1 saturated heterocycles. The third-order valence-corrected chi connectivity index (χ3v) is 9.28. The number of methoxy groups -OCH3 is 2. The van der Waals surface area contributed by atoms with Crippen LogP contribution in [0.3, 0.4) is 0 Å². The summed E-state index contributed by atoms with van der Waals surface area (Å²) in [6, 6.07) is 12.5. The molecule has 17 heteroatoms. The Labute approximate surface area is 328 Å². The molecule has 0 radical (unpaired) electrons. The molecule has 4 aromatic rings. The molecule has 6 N–H and O–H groups in total. The maximum Gasteiger partial charge on any atom is 0.415 e. The second-order valence-electron chi connectivity index (χ2n) is 13.9. The average Bonchev–Trinajstić information content (AvgIpc) is 3.54. The van der Waals surface area contributed by atoms with E-state index in [0.717, 1.165) is 10.4 Å². The van der Waals surface area contributed by atoms with E-state index in [0.29, 0.717) is 45.7 Å². The molecule has 55 heavy (non-hydrogen) atoms. The molecule has 1 fully saturated rings. The number of nitrogens with zero attached hydrogens (tertiary/aromatic N) is 3. The molecular weight excluding hydrogens is 753 g/mol. The topological polar surface area (TPSA) is 204 Å². The van der Waals surface area contributed by atoms with Crippen molar-refractivity contribution in [2.45, 2.75) is 57.4 Å². The van der Waals surface area contributed by atoms with E-state index < -0.39 is 41.7 Å². The van der Waals surface area contributed by atoms with Crippen molar-refractivity contribution < 1.29 is 38.1 Å². The van der Waals surface area contributed by atoms with E-state index in [1.165, 1.54) is 30.2 Å². The summed E-state index contributed by atoms with van der Waals surface area (Å²) in [5.41, 5.74) is 14.1. The molecule has 0 bridgehead atoms. The van der Waals surface area contributed by atoms with Crippen molar-refractivity contribution in [3.63, 3.8) is 0 Å². The summed E-state index contributed by atoms with van der Waals surface area (Å²) in [6.45, 7) is 5.70. The molecule has 3 aromatic carbocycles. The summed E-state index contributed by atoms with van der Waals surface area (Å²) < 4.78 is 22.3. The number of amides is 4. The molecule has 5 rings (SSSR count). The standard InChI is InChI=1S/C38H45Cl2N7O8/c1-38(2,3)55-37(51)47(30-11-8-23(39)18-25(30)41)33(34(42)49)31(53-5)17-22-16-21(6-10-29(22)46-13-15-54-20-32(46)48)36(50)45-27(12-14-52-4)35-43-26-9-7-24(40)19-28(26)44-35/h6-11,16,18-19,27,31,33H,12-15,17,20,41H2,1-5H3,(H2,42,49)(H,43,44)(H,45,50)/t27-,31?,33?/m0/s1. The molecule has 0 saturated carbocycles. The largest absolute Gasteiger partial charge is 0.443 e. The van der Waals surface area contributed by atoms with Crippen molar-refractivity contribution in [2.24, 2.45) is 5.73 Å². The van der Waals surface area contributed by atoms with E-state index >= 15 is 0 Å². The fourth-order valence-corrected chi connectivity index (χ4v) is 6.63. The van der Waals surface area contributed by atoms with Crippen LogP contribution in [0.4, 0.5) is 21.9 Å². The second-order valence-corrected chi connectivity index (χ2v) is 14.8. The lowest BCUT2D eigenvalue weighted by atomic mass is 9.95. The average molecular weight is 799 g/mol. The number of imidazole rings is 1. The molecule has 1 aromatic heterocycles. The van der Waals surface area contributed by atoms with Gasteiger partial charge in [-0.25, -0.2) is 9.78 Å². The SMILES string of the molecule is COCC[C@H](NC(=O)c1ccc(N2CCOCC2=O)c(CC(OC)C(C(N)=O)N(C(=O)OC(C)(C)C)c2ccc(Cl)cc2N)c1)c1nc2cc(Cl)ccc2[nH]1. The number of carbonyl (C=O) groups is 4. The van der Waals surface area contributed by atoms with Gasteiger partial charge in [-0.15, -0.1) is 0 Å². The number of primary amides is 1. The van der Waals surface area contributed by atoms with Crippen LogP contribution in [0.5, 0.6) is 0 Å². The molecular formula is C38H45Cl2N7O8. The fraction of sp³-hybridized carbons (Fsp3) is 0.395. The molecule has 1 aliphatic rings. The Hall–Kier alpha value is -4.93. The Bertz CT molecular complexity index is 2050. The lowest BCUT2D eigenvalue weighted by Crippen LogP contribution is -2.57. The minimum absolute atomic E-state index is 0.0771. The Morgan fingerprint density at radius 1 is 1.07 bits per heavy atom. The lowest BCUT2D eigenvalue weighted by molar-refractivity contribution is -0.126. The van der Waals surface area contributed by atoms with Crippen LogP contribution in [-0.4, -0.2) is 92.1 Å². The minimum atomic E-state index is -1.49. The zero-order chi connectivity index (χ0) is 40.0. The number of aromatic amines is 1. The predicted octanol–water partition coefficient (Wildman–Crippen LogP) is 5.18. The number of nitrogens with one attached hydrogen (secondary N) is 2. The maximum absolute atomic E-state index is 14.0. The monoisotopic (exact) mass is 797 g/mol. The number of fused-ring (bicyclic) bond motifs is 1. The number of anilines is 3. The van der Waals surface area contributed by atoms with Crippen molar-refractivity contribution in [3.8, 4) is 0 Å². The first-order chi connectivity index (χ1) is 26.1. The normalized spacial score (nSPS) is 15.0. The van der Waals surface area contributed by atoms with E-state index in [2.05, 4.69) is 15.3 Å². The fourth-order valence-electron chi connectivity index (χ4n) is 6.28. The van der Waals surface area contributed by atoms with Crippen molar-refractivity contribution in [1.29, 1.82) is 0 Å². The zero-order valence-corrected chi connectivity index (χ0v) is 32.7. The van der Waals surface area contributed by atoms with Crippen molar-refractivity contribution >= 4 is 75.1 Å². The molecule has 294 valence electrons. The number of H-pyrrole nitrogens is 1. The number of benzene rings is 3. The molecule has 4 amide bonds. The Morgan fingerprint density at radius 2 is 1.80 bits per heavy atom. The molecule has 1 aliphatic heterocycles. The zero-order valence-electron chi connectivity index (χ0n) is 31.2. The molecule has 0 aliphatic carbocycles. The van der Waals surface area contributed by atoms with Gasteiger partial charge in [0, 0.05) is 55.1 Å². The van der Waals surface area contributed by atoms with Crippen molar-refractivity contribution in [2.75, 3.05) is 56.1 Å². The van der Waals surface area contributed by atoms with Gasteiger partial charge in [-0.1, -0.05) is 23.2 Å². The quantitative estimate of drug-likeness (QED) is 0.123. The Balaban J connectivity index is 1.55. The molecule has 2 heterocycles. The van der Waals surface area contributed by atoms with Gasteiger partial charge in [-0.2, -0.15) is 0 Å². The van der Waals surface area contributed by atoms with Gasteiger partial charge < -0.3 is 45.6 Å². The minimum Gasteiger partial charge on any atom is -0.443 e. The highest BCUT2D eigenvalue weighted by molar-refractivity contribution is 6.31. The number of nitrogens with two attached hydrogens (primary N) is 2. The molecule has 3 atom stereocenters. The lowest BCUT2D eigenvalue weighted by Gasteiger charge is -2.36. The maximum atomic E-state index is 14.0. The first kappa shape index (κ1) is 41.2. The van der Waals surface area contributed by atoms with Crippen LogP contribution in [0.1, 0.15) is 55.0 Å². The first-order valence-corrected chi connectivity index (χ1v) is 18.2. The van der Waals surface area contributed by atoms with Gasteiger partial charge in [-0.05, 0) is 87.4 Å². The number of nitrogen functional groups attached to an aromatic ring is 1. The highest BCUT2D eigenvalue weighted by Crippen LogP contribution is 2.33. The number of carbonyl (C=O) groups excluding carboxylic acids is 4. The molecule has 0 spiro atoms. The second kappa shape index (κ2) is 17.7. The van der Waals surface area contributed by atoms with Gasteiger partial charge in [-0.3, -0.25) is 19.3 Å². The van der Waals surface area contributed by atoms with Crippen LogP contribution in [0.15, 0.2) is 54.6 Å². The summed E-state index contributed by atoms with van der Waals surface area (Å²) in [5, 5.41) is 3.87. The summed E-state index contributed by atoms with van der Waals surface area (Å²) in [7, 11) is 2.92. The third kappa shape index (κ3) is 10.0. The number of hydrogen-bond donors (Lipinski definition) is 4. The number of ether oxygens (including phenoxy) is 4. The molecule has 2 unspecified atom stereocenters. The van der Waals surface area contributed by atoms with Crippen LogP contribution >= 0.6 is 23.2 Å². The van der Waals surface area contributed by atoms with Crippen LogP contribution in [0.2, 0.25) is 10.0 Å². The van der Waals surface area contributed by atoms with E-state index in [1.54, 1.807) is 64.3 Å². The van der Waals surface area contributed by atoms with Crippen LogP contribution < -0.4 is 26.6 Å². The number of hydrogen-bond acceptors (Lipinski definition) is 10. The van der Waals surface area contributed by atoms with Gasteiger partial charge in [0.2, 0.25) is 5.91 Å². The Kier molecular flexibility index (Phi) is 13.3. The van der Waals surface area contributed by atoms with Gasteiger partial charge >= 0.3 is 6.09 Å². The molecule has 15 nitrogen and oxygen atoms in total. The van der Waals surface area contributed by atoms with Crippen LogP contribution in [0, 0.1) is 0 Å². The summed E-state index contributed by atoms with van der Waals surface area (Å²) in [4.78, 5) is 65.0. The highest BCUT2D eigenvalue weighted by atomic mass is 35.5. The van der Waals surface area contributed by atoms with Gasteiger partial charge in [0.25, 0.3) is 11.8 Å². The van der Waals surface area contributed by atoms with E-state index in [4.69, 9.17) is 53.6 Å². The summed E-state index contributed by atoms with van der Waals surface area (Å²) >= 11 is 12.4. The summed E-state index contributed by atoms with van der Waals surface area (Å²) in [6.07, 6.45) is -1.78. The third-order valence-electron chi connectivity index (χ3n) is 8.81. The number of halogens is 2. The van der Waals surface area contributed by atoms with Crippen LogP contribution in [-0.2, 0) is 35.0 Å². The van der Waals surface area contributed by atoms with Crippen molar-refractivity contribution in [1.82, 2.24) is 15.3 Å². The Morgan fingerprint density at radius 3 is 2.45 bits per heavy atom. The smallest absolute Gasteiger partial charge is 0.415 e. The number of aromatic nitrogens is 2. The first-order valence-electron chi connectivity index (χ1n) is 17.5. The number of morpholine rings is 1. The number of rotatable bonds is 14. The van der Waals surface area contributed by atoms with E-state index in [-0.39, 0.29) is 49.0 Å². The predicted molar refractivity (Wildman–Crippen MR) is 209 cm³/mol. The van der Waals surface area contributed by atoms with Crippen molar-refractivity contribution in [3.05, 3.63) is 81.6 Å². The highest BCUT2D eigenvalue weighted by Gasteiger charge is 2.40.